The standard InChI is InChI=1S/C23H30N4O10/c28-13-5-3-12(4-6-13)10-17(23(36)37)27-22(35)16(11-19(31)32)26-21(34)15(7-8-18(29)30)25-20(33)14-2-1-9-24-14/h3-6,14-17,24,28H,1-2,7-11H2,(H,25,33)(H,26,34)(H,27,35)(H,29,30)(H,31,32)(H,36,37). The first-order chi connectivity index (χ1) is 17.5. The van der Waals surface area contributed by atoms with Crippen LogP contribution in [0.5, 0.6) is 5.75 Å². The fraction of sp³-hybridized carbons (Fsp3) is 0.478. The molecule has 14 nitrogen and oxygen atoms in total. The molecule has 1 aliphatic heterocycles. The third-order valence-electron chi connectivity index (χ3n) is 5.66. The number of aromatic hydroxyl groups is 1. The molecule has 14 heteroatoms. The third-order valence-corrected chi connectivity index (χ3v) is 5.66. The first kappa shape index (κ1) is 29.0. The molecule has 2 rings (SSSR count). The predicted molar refractivity (Wildman–Crippen MR) is 125 cm³/mol. The molecule has 0 spiro atoms. The van der Waals surface area contributed by atoms with Gasteiger partial charge in [-0.3, -0.25) is 24.0 Å². The summed E-state index contributed by atoms with van der Waals surface area (Å²) in [5, 5.41) is 46.9. The highest BCUT2D eigenvalue weighted by atomic mass is 16.4. The Morgan fingerprint density at radius 2 is 1.49 bits per heavy atom. The first-order valence-electron chi connectivity index (χ1n) is 11.5. The molecule has 4 atom stereocenters. The smallest absolute Gasteiger partial charge is 0.326 e. The van der Waals surface area contributed by atoms with Crippen molar-refractivity contribution in [3.8, 4) is 5.75 Å². The molecule has 1 saturated heterocycles. The van der Waals surface area contributed by atoms with E-state index in [2.05, 4.69) is 21.3 Å². The number of carboxylic acid groups (broad SMARTS) is 3. The molecule has 1 aliphatic rings. The van der Waals surface area contributed by atoms with Gasteiger partial charge in [-0.15, -0.1) is 0 Å². The van der Waals surface area contributed by atoms with Crippen molar-refractivity contribution in [3.63, 3.8) is 0 Å². The lowest BCUT2D eigenvalue weighted by Gasteiger charge is -2.24. The lowest BCUT2D eigenvalue weighted by atomic mass is 10.0. The van der Waals surface area contributed by atoms with Gasteiger partial charge in [-0.05, 0) is 43.5 Å². The maximum absolute atomic E-state index is 12.9. The molecule has 8 N–H and O–H groups in total. The molecular weight excluding hydrogens is 492 g/mol. The van der Waals surface area contributed by atoms with Crippen molar-refractivity contribution < 1.29 is 49.2 Å². The quantitative estimate of drug-likeness (QED) is 0.141. The summed E-state index contributed by atoms with van der Waals surface area (Å²) in [4.78, 5) is 72.2. The van der Waals surface area contributed by atoms with Gasteiger partial charge in [0, 0.05) is 12.8 Å². The van der Waals surface area contributed by atoms with Gasteiger partial charge in [0.2, 0.25) is 17.7 Å². The second-order valence-electron chi connectivity index (χ2n) is 8.57. The minimum absolute atomic E-state index is 0.0443. The summed E-state index contributed by atoms with van der Waals surface area (Å²) in [6, 6.07) is 0.413. The monoisotopic (exact) mass is 522 g/mol. The van der Waals surface area contributed by atoms with Crippen molar-refractivity contribution in [1.82, 2.24) is 21.3 Å². The average Bonchev–Trinajstić information content (AvgIpc) is 3.36. The summed E-state index contributed by atoms with van der Waals surface area (Å²) < 4.78 is 0. The Morgan fingerprint density at radius 3 is 2.03 bits per heavy atom. The van der Waals surface area contributed by atoms with Crippen molar-refractivity contribution in [2.75, 3.05) is 6.54 Å². The van der Waals surface area contributed by atoms with E-state index in [9.17, 15) is 44.1 Å². The highest BCUT2D eigenvalue weighted by molar-refractivity contribution is 5.95. The van der Waals surface area contributed by atoms with Gasteiger partial charge in [-0.1, -0.05) is 12.1 Å². The number of nitrogens with one attached hydrogen (secondary N) is 4. The Kier molecular flexibility index (Phi) is 10.8. The van der Waals surface area contributed by atoms with Crippen LogP contribution in [0.15, 0.2) is 24.3 Å². The van der Waals surface area contributed by atoms with Gasteiger partial charge < -0.3 is 41.7 Å². The number of carbonyl (C=O) groups is 6. The third kappa shape index (κ3) is 9.76. The van der Waals surface area contributed by atoms with Gasteiger partial charge in [-0.25, -0.2) is 4.79 Å². The molecule has 0 saturated carbocycles. The number of rotatable bonds is 14. The molecule has 202 valence electrons. The van der Waals surface area contributed by atoms with Crippen molar-refractivity contribution in [2.45, 2.75) is 62.7 Å². The van der Waals surface area contributed by atoms with E-state index in [0.29, 0.717) is 18.5 Å². The lowest BCUT2D eigenvalue weighted by molar-refractivity contribution is -0.143. The van der Waals surface area contributed by atoms with Crippen LogP contribution in [0.1, 0.15) is 37.7 Å². The Hall–Kier alpha value is -4.20. The number of phenols is 1. The predicted octanol–water partition coefficient (Wildman–Crippen LogP) is -1.43. The van der Waals surface area contributed by atoms with Gasteiger partial charge in [0.1, 0.15) is 23.9 Å². The van der Waals surface area contributed by atoms with E-state index in [0.717, 1.165) is 6.42 Å². The van der Waals surface area contributed by atoms with Crippen LogP contribution in [-0.2, 0) is 35.2 Å². The average molecular weight is 523 g/mol. The minimum Gasteiger partial charge on any atom is -0.508 e. The van der Waals surface area contributed by atoms with E-state index >= 15 is 0 Å². The zero-order valence-corrected chi connectivity index (χ0v) is 19.8. The Labute approximate surface area is 211 Å². The summed E-state index contributed by atoms with van der Waals surface area (Å²) in [5.74, 6) is -6.78. The number of benzene rings is 1. The topological polar surface area (TPSA) is 231 Å². The molecule has 0 aliphatic carbocycles. The fourth-order valence-corrected chi connectivity index (χ4v) is 3.71. The molecule has 1 heterocycles. The van der Waals surface area contributed by atoms with Crippen molar-refractivity contribution in [2.24, 2.45) is 0 Å². The summed E-state index contributed by atoms with van der Waals surface area (Å²) in [6.45, 7) is 0.597. The zero-order chi connectivity index (χ0) is 27.5. The second kappa shape index (κ2) is 13.8. The maximum Gasteiger partial charge on any atom is 0.326 e. The molecule has 0 bridgehead atoms. The van der Waals surface area contributed by atoms with Crippen LogP contribution < -0.4 is 21.3 Å². The molecule has 1 aromatic rings. The van der Waals surface area contributed by atoms with Gasteiger partial charge in [0.25, 0.3) is 0 Å². The summed E-state index contributed by atoms with van der Waals surface area (Å²) in [6.07, 6.45) is -0.645. The highest BCUT2D eigenvalue weighted by Crippen LogP contribution is 2.12. The van der Waals surface area contributed by atoms with Gasteiger partial charge >= 0.3 is 17.9 Å². The molecular formula is C23H30N4O10. The largest absolute Gasteiger partial charge is 0.508 e. The summed E-state index contributed by atoms with van der Waals surface area (Å²) in [5.41, 5.74) is 0.460. The van der Waals surface area contributed by atoms with Crippen LogP contribution in [0.3, 0.4) is 0 Å². The van der Waals surface area contributed by atoms with E-state index < -0.39 is 72.6 Å². The molecule has 1 aromatic carbocycles. The fourth-order valence-electron chi connectivity index (χ4n) is 3.71. The van der Waals surface area contributed by atoms with Crippen LogP contribution in [0, 0.1) is 0 Å². The molecule has 4 unspecified atom stereocenters. The molecule has 0 radical (unpaired) electrons. The zero-order valence-electron chi connectivity index (χ0n) is 19.8. The van der Waals surface area contributed by atoms with E-state index in [1.165, 1.54) is 24.3 Å². The van der Waals surface area contributed by atoms with Crippen LogP contribution in [0.25, 0.3) is 0 Å². The number of carbonyl (C=O) groups excluding carboxylic acids is 3. The molecule has 3 amide bonds. The van der Waals surface area contributed by atoms with Crippen LogP contribution in [0.4, 0.5) is 0 Å². The highest BCUT2D eigenvalue weighted by Gasteiger charge is 2.32. The van der Waals surface area contributed by atoms with Gasteiger partial charge in [-0.2, -0.15) is 0 Å². The Balaban J connectivity index is 2.13. The molecule has 37 heavy (non-hydrogen) atoms. The number of phenolic OH excluding ortho intramolecular Hbond substituents is 1. The summed E-state index contributed by atoms with van der Waals surface area (Å²) in [7, 11) is 0. The van der Waals surface area contributed by atoms with Crippen LogP contribution in [-0.4, -0.2) is 86.8 Å². The lowest BCUT2D eigenvalue weighted by Crippen LogP contribution is -2.57. The van der Waals surface area contributed by atoms with E-state index in [-0.39, 0.29) is 18.6 Å². The number of amides is 3. The second-order valence-corrected chi connectivity index (χ2v) is 8.57. The van der Waals surface area contributed by atoms with Crippen molar-refractivity contribution >= 4 is 35.6 Å². The first-order valence-corrected chi connectivity index (χ1v) is 11.5. The van der Waals surface area contributed by atoms with Crippen molar-refractivity contribution in [1.29, 1.82) is 0 Å². The molecule has 0 aromatic heterocycles. The van der Waals surface area contributed by atoms with Crippen LogP contribution in [0.2, 0.25) is 0 Å². The number of hydrogen-bond donors (Lipinski definition) is 8. The Bertz CT molecular complexity index is 1010. The van der Waals surface area contributed by atoms with Crippen LogP contribution >= 0.6 is 0 Å². The summed E-state index contributed by atoms with van der Waals surface area (Å²) >= 11 is 0. The van der Waals surface area contributed by atoms with E-state index in [4.69, 9.17) is 5.11 Å². The molecule has 1 fully saturated rings. The number of aliphatic carboxylic acids is 3. The normalized spacial score (nSPS) is 17.1. The number of hydrogen-bond acceptors (Lipinski definition) is 8. The van der Waals surface area contributed by atoms with Gasteiger partial charge in [0.15, 0.2) is 0 Å². The minimum atomic E-state index is -1.71. The number of carboxylic acids is 3. The SMILES string of the molecule is O=C(O)CCC(NC(=O)C1CCCN1)C(=O)NC(CC(=O)O)C(=O)NC(Cc1ccc(O)cc1)C(=O)O. The van der Waals surface area contributed by atoms with Gasteiger partial charge in [0.05, 0.1) is 12.5 Å². The maximum atomic E-state index is 12.9. The Morgan fingerprint density at radius 1 is 0.865 bits per heavy atom. The van der Waals surface area contributed by atoms with E-state index in [1.54, 1.807) is 0 Å². The van der Waals surface area contributed by atoms with E-state index in [1.807, 2.05) is 0 Å². The van der Waals surface area contributed by atoms with Crippen molar-refractivity contribution in [3.05, 3.63) is 29.8 Å².